The fourth-order valence-electron chi connectivity index (χ4n) is 3.71. The summed E-state index contributed by atoms with van der Waals surface area (Å²) in [5.41, 5.74) is 3.29. The highest BCUT2D eigenvalue weighted by Gasteiger charge is 2.69. The monoisotopic (exact) mass is 308 g/mol. The van der Waals surface area contributed by atoms with Crippen LogP contribution < -0.4 is 15.6 Å². The molecule has 0 saturated heterocycles. The van der Waals surface area contributed by atoms with E-state index >= 15 is 0 Å². The molecule has 3 saturated carbocycles. The number of hydrogen-bond donors (Lipinski definition) is 2. The molecule has 1 aromatic rings. The highest BCUT2D eigenvalue weighted by molar-refractivity contribution is 6.30. The molecule has 21 heavy (non-hydrogen) atoms. The van der Waals surface area contributed by atoms with Crippen molar-refractivity contribution >= 4 is 23.4 Å². The molecule has 0 aromatic heterocycles. The molecule has 0 radical (unpaired) electrons. The molecule has 0 unspecified atom stereocenters. The van der Waals surface area contributed by atoms with Crippen LogP contribution in [-0.2, 0) is 15.0 Å². The second-order valence-corrected chi connectivity index (χ2v) is 6.61. The van der Waals surface area contributed by atoms with Crippen LogP contribution >= 0.6 is 11.6 Å². The number of nitrogens with one attached hydrogen (secondary N) is 2. The smallest absolute Gasteiger partial charge is 0.249 e. The molecule has 2 bridgehead atoms. The Morgan fingerprint density at radius 2 is 1.86 bits per heavy atom. The lowest BCUT2D eigenvalue weighted by atomic mass is 9.37. The minimum absolute atomic E-state index is 0.00114. The Labute approximate surface area is 127 Å². The molecule has 3 aliphatic rings. The fraction of sp³-hybridized carbons (Fsp3) is 0.467. The Morgan fingerprint density at radius 1 is 1.19 bits per heavy atom. The Kier molecular flexibility index (Phi) is 3.13. The number of hydroxylamine groups is 1. The van der Waals surface area contributed by atoms with E-state index in [0.717, 1.165) is 24.8 Å². The zero-order valence-electron chi connectivity index (χ0n) is 12.0. The van der Waals surface area contributed by atoms with Gasteiger partial charge < -0.3 is 10.2 Å². The van der Waals surface area contributed by atoms with Crippen molar-refractivity contribution in [1.29, 1.82) is 0 Å². The van der Waals surface area contributed by atoms with Crippen LogP contribution in [0.1, 0.15) is 38.7 Å². The van der Waals surface area contributed by atoms with E-state index in [1.165, 1.54) is 13.8 Å². The normalized spacial score (nSPS) is 28.9. The van der Waals surface area contributed by atoms with Crippen molar-refractivity contribution in [3.8, 4) is 5.75 Å². The molecular weight excluding hydrogens is 292 g/mol. The molecule has 3 aliphatic carbocycles. The third kappa shape index (κ3) is 2.35. The molecule has 0 spiro atoms. The van der Waals surface area contributed by atoms with E-state index in [-0.39, 0.29) is 22.8 Å². The molecule has 2 amide bonds. The molecule has 2 N–H and O–H groups in total. The standard InChI is InChI=1S/C15H17ClN2O3/c1-9(19)17-15-6-14(7-15,8-15)12-5-11(16)3-4-13(12)21-18-10(2)20/h3-5H,6-8H2,1-2H3,(H,17,19)(H,18,20). The highest BCUT2D eigenvalue weighted by atomic mass is 35.5. The molecule has 0 heterocycles. The first-order valence-corrected chi connectivity index (χ1v) is 7.24. The average Bonchev–Trinajstić information content (AvgIpc) is 2.30. The van der Waals surface area contributed by atoms with Crippen molar-refractivity contribution in [2.45, 2.75) is 44.1 Å². The minimum Gasteiger partial charge on any atom is -0.379 e. The average molecular weight is 309 g/mol. The summed E-state index contributed by atoms with van der Waals surface area (Å²) < 4.78 is 0. The second kappa shape index (κ2) is 4.63. The Bertz CT molecular complexity index is 610. The number of carbonyl (C=O) groups is 2. The van der Waals surface area contributed by atoms with Gasteiger partial charge in [-0.1, -0.05) is 11.6 Å². The zero-order valence-corrected chi connectivity index (χ0v) is 12.7. The number of carbonyl (C=O) groups excluding carboxylic acids is 2. The van der Waals surface area contributed by atoms with Crippen molar-refractivity contribution in [2.24, 2.45) is 0 Å². The van der Waals surface area contributed by atoms with Gasteiger partial charge >= 0.3 is 0 Å². The van der Waals surface area contributed by atoms with Gasteiger partial charge in [-0.25, -0.2) is 0 Å². The van der Waals surface area contributed by atoms with Gasteiger partial charge in [0.05, 0.1) is 0 Å². The van der Waals surface area contributed by atoms with Gasteiger partial charge in [-0.2, -0.15) is 5.48 Å². The summed E-state index contributed by atoms with van der Waals surface area (Å²) in [6.45, 7) is 2.93. The Hall–Kier alpha value is -1.75. The lowest BCUT2D eigenvalue weighted by Gasteiger charge is -2.70. The fourth-order valence-corrected chi connectivity index (χ4v) is 3.88. The summed E-state index contributed by atoms with van der Waals surface area (Å²) in [5, 5.41) is 3.66. The van der Waals surface area contributed by atoms with Crippen LogP contribution in [0, 0.1) is 0 Å². The van der Waals surface area contributed by atoms with E-state index in [2.05, 4.69) is 10.8 Å². The predicted molar refractivity (Wildman–Crippen MR) is 78.0 cm³/mol. The van der Waals surface area contributed by atoms with Crippen LogP contribution in [0.25, 0.3) is 0 Å². The maximum absolute atomic E-state index is 11.2. The summed E-state index contributed by atoms with van der Waals surface area (Å²) in [4.78, 5) is 27.6. The van der Waals surface area contributed by atoms with Gasteiger partial charge in [0.15, 0.2) is 5.75 Å². The largest absolute Gasteiger partial charge is 0.379 e. The summed E-state index contributed by atoms with van der Waals surface area (Å²) in [6.07, 6.45) is 2.66. The van der Waals surface area contributed by atoms with Crippen molar-refractivity contribution in [1.82, 2.24) is 10.8 Å². The lowest BCUT2D eigenvalue weighted by molar-refractivity contribution is -0.136. The SMILES string of the molecule is CC(=O)NOc1ccc(Cl)cc1C12CC(NC(C)=O)(C1)C2. The van der Waals surface area contributed by atoms with Crippen molar-refractivity contribution in [3.63, 3.8) is 0 Å². The molecule has 112 valence electrons. The van der Waals surface area contributed by atoms with Crippen LogP contribution in [-0.4, -0.2) is 17.4 Å². The molecule has 4 rings (SSSR count). The number of halogens is 1. The van der Waals surface area contributed by atoms with E-state index in [1.54, 1.807) is 12.1 Å². The molecule has 6 heteroatoms. The maximum Gasteiger partial charge on any atom is 0.249 e. The molecule has 5 nitrogen and oxygen atoms in total. The van der Waals surface area contributed by atoms with Gasteiger partial charge in [-0.05, 0) is 37.5 Å². The van der Waals surface area contributed by atoms with Crippen LogP contribution in [0.3, 0.4) is 0 Å². The number of rotatable bonds is 4. The quantitative estimate of drug-likeness (QED) is 0.837. The summed E-state index contributed by atoms with van der Waals surface area (Å²) in [5.74, 6) is 0.359. The van der Waals surface area contributed by atoms with Gasteiger partial charge in [0.25, 0.3) is 0 Å². The van der Waals surface area contributed by atoms with Crippen molar-refractivity contribution in [2.75, 3.05) is 0 Å². The molecule has 0 aliphatic heterocycles. The maximum atomic E-state index is 11.2. The van der Waals surface area contributed by atoms with Crippen LogP contribution in [0.4, 0.5) is 0 Å². The first-order chi connectivity index (χ1) is 9.84. The topological polar surface area (TPSA) is 67.4 Å². The Balaban J connectivity index is 1.79. The molecular formula is C15H17ClN2O3. The number of amides is 2. The molecule has 1 aromatic carbocycles. The zero-order chi connectivity index (χ0) is 15.3. The molecule has 0 atom stereocenters. The first-order valence-electron chi connectivity index (χ1n) is 6.86. The van der Waals surface area contributed by atoms with Crippen LogP contribution in [0.15, 0.2) is 18.2 Å². The summed E-state index contributed by atoms with van der Waals surface area (Å²) in [7, 11) is 0. The van der Waals surface area contributed by atoms with Gasteiger partial charge in [-0.15, -0.1) is 0 Å². The first kappa shape index (κ1) is 14.2. The second-order valence-electron chi connectivity index (χ2n) is 6.17. The van der Waals surface area contributed by atoms with Gasteiger partial charge in [-0.3, -0.25) is 9.59 Å². The third-order valence-electron chi connectivity index (χ3n) is 4.29. The summed E-state index contributed by atoms with van der Waals surface area (Å²) in [6, 6.07) is 5.38. The summed E-state index contributed by atoms with van der Waals surface area (Å²) >= 11 is 6.09. The predicted octanol–water partition coefficient (Wildman–Crippen LogP) is 2.08. The minimum atomic E-state index is -0.261. The molecule has 3 fully saturated rings. The van der Waals surface area contributed by atoms with Gasteiger partial charge in [0.1, 0.15) is 0 Å². The number of hydrogen-bond acceptors (Lipinski definition) is 3. The van der Waals surface area contributed by atoms with Crippen LogP contribution in [0.2, 0.25) is 5.02 Å². The highest BCUT2D eigenvalue weighted by Crippen LogP contribution is 2.69. The van der Waals surface area contributed by atoms with E-state index in [1.807, 2.05) is 6.07 Å². The van der Waals surface area contributed by atoms with Crippen molar-refractivity contribution < 1.29 is 14.4 Å². The number of benzene rings is 1. The lowest BCUT2D eigenvalue weighted by Crippen LogP contribution is -2.76. The van der Waals surface area contributed by atoms with E-state index in [4.69, 9.17) is 16.4 Å². The van der Waals surface area contributed by atoms with Gasteiger partial charge in [0, 0.05) is 35.4 Å². The van der Waals surface area contributed by atoms with E-state index < -0.39 is 0 Å². The van der Waals surface area contributed by atoms with Crippen molar-refractivity contribution in [3.05, 3.63) is 28.8 Å². The van der Waals surface area contributed by atoms with Gasteiger partial charge in [0.2, 0.25) is 11.8 Å². The van der Waals surface area contributed by atoms with E-state index in [0.29, 0.717) is 10.8 Å². The Morgan fingerprint density at radius 3 is 2.43 bits per heavy atom. The van der Waals surface area contributed by atoms with E-state index in [9.17, 15) is 9.59 Å². The third-order valence-corrected chi connectivity index (χ3v) is 4.52. The van der Waals surface area contributed by atoms with Crippen LogP contribution in [0.5, 0.6) is 5.75 Å².